The minimum atomic E-state index is 0.319. The maximum absolute atomic E-state index is 8.61. The van der Waals surface area contributed by atoms with E-state index in [1.165, 1.54) is 11.8 Å². The van der Waals surface area contributed by atoms with Crippen molar-refractivity contribution in [3.63, 3.8) is 0 Å². The van der Waals surface area contributed by atoms with Crippen molar-refractivity contribution in [1.29, 1.82) is 5.26 Å². The van der Waals surface area contributed by atoms with Gasteiger partial charge < -0.3 is 4.74 Å². The van der Waals surface area contributed by atoms with Gasteiger partial charge in [0.1, 0.15) is 16.8 Å². The molecule has 1 heterocycles. The van der Waals surface area contributed by atoms with E-state index >= 15 is 0 Å². The van der Waals surface area contributed by atoms with E-state index < -0.39 is 0 Å². The summed E-state index contributed by atoms with van der Waals surface area (Å²) in [5.41, 5.74) is 0.319. The molecule has 0 atom stereocenters. The lowest BCUT2D eigenvalue weighted by molar-refractivity contribution is 0.413. The second kappa shape index (κ2) is 5.32. The van der Waals surface area contributed by atoms with Crippen LogP contribution in [-0.4, -0.2) is 17.3 Å². The van der Waals surface area contributed by atoms with E-state index in [9.17, 15) is 0 Å². The van der Waals surface area contributed by atoms with Gasteiger partial charge in [0, 0.05) is 4.90 Å². The Labute approximate surface area is 103 Å². The predicted molar refractivity (Wildman–Crippen MR) is 63.9 cm³/mol. The van der Waals surface area contributed by atoms with Crippen LogP contribution in [0, 0.1) is 11.3 Å². The fourth-order valence-electron chi connectivity index (χ4n) is 1.22. The Balaban J connectivity index is 2.16. The number of nitrogens with zero attached hydrogens (tertiary/aromatic N) is 3. The smallest absolute Gasteiger partial charge is 0.163 e. The minimum absolute atomic E-state index is 0.319. The first kappa shape index (κ1) is 11.4. The van der Waals surface area contributed by atoms with Crippen LogP contribution in [0.2, 0.25) is 0 Å². The van der Waals surface area contributed by atoms with Gasteiger partial charge in [0.15, 0.2) is 5.69 Å². The SMILES string of the molecule is COc1cccc(Sc2ccc(C#N)nn2)c1. The second-order valence-electron chi connectivity index (χ2n) is 3.15. The van der Waals surface area contributed by atoms with Crippen molar-refractivity contribution in [1.82, 2.24) is 10.2 Å². The quantitative estimate of drug-likeness (QED) is 0.829. The first-order chi connectivity index (χ1) is 8.31. The topological polar surface area (TPSA) is 58.8 Å². The normalized spacial score (nSPS) is 9.65. The van der Waals surface area contributed by atoms with E-state index in [4.69, 9.17) is 10.00 Å². The maximum atomic E-state index is 8.61. The highest BCUT2D eigenvalue weighted by atomic mass is 32.2. The molecule has 84 valence electrons. The van der Waals surface area contributed by atoms with Gasteiger partial charge >= 0.3 is 0 Å². The first-order valence-electron chi connectivity index (χ1n) is 4.87. The summed E-state index contributed by atoms with van der Waals surface area (Å²) in [6.45, 7) is 0. The zero-order valence-electron chi connectivity index (χ0n) is 9.12. The van der Waals surface area contributed by atoms with Crippen molar-refractivity contribution in [3.8, 4) is 11.8 Å². The molecule has 0 saturated carbocycles. The summed E-state index contributed by atoms with van der Waals surface area (Å²) in [7, 11) is 1.63. The summed E-state index contributed by atoms with van der Waals surface area (Å²) in [5, 5.41) is 17.1. The van der Waals surface area contributed by atoms with Crippen molar-refractivity contribution in [2.45, 2.75) is 9.92 Å². The fraction of sp³-hybridized carbons (Fsp3) is 0.0833. The van der Waals surface area contributed by atoms with Crippen LogP contribution < -0.4 is 4.74 Å². The summed E-state index contributed by atoms with van der Waals surface area (Å²) in [6, 6.07) is 13.0. The van der Waals surface area contributed by atoms with Gasteiger partial charge in [0.25, 0.3) is 0 Å². The lowest BCUT2D eigenvalue weighted by atomic mass is 10.3. The molecule has 2 aromatic rings. The molecule has 5 heteroatoms. The van der Waals surface area contributed by atoms with Crippen LogP contribution in [0.25, 0.3) is 0 Å². The third-order valence-electron chi connectivity index (χ3n) is 2.02. The highest BCUT2D eigenvalue weighted by Gasteiger charge is 2.01. The summed E-state index contributed by atoms with van der Waals surface area (Å²) in [4.78, 5) is 1.02. The van der Waals surface area contributed by atoms with Crippen molar-refractivity contribution in [2.75, 3.05) is 7.11 Å². The number of nitriles is 1. The van der Waals surface area contributed by atoms with Crippen molar-refractivity contribution >= 4 is 11.8 Å². The molecule has 0 aliphatic rings. The number of benzene rings is 1. The van der Waals surface area contributed by atoms with Gasteiger partial charge in [0.05, 0.1) is 7.11 Å². The maximum Gasteiger partial charge on any atom is 0.163 e. The molecule has 0 radical (unpaired) electrons. The van der Waals surface area contributed by atoms with E-state index in [2.05, 4.69) is 10.2 Å². The third kappa shape index (κ3) is 2.95. The molecule has 1 aromatic carbocycles. The molecular formula is C12H9N3OS. The van der Waals surface area contributed by atoms with Crippen LogP contribution in [0.4, 0.5) is 0 Å². The molecular weight excluding hydrogens is 234 g/mol. The van der Waals surface area contributed by atoms with Crippen molar-refractivity contribution in [2.24, 2.45) is 0 Å². The van der Waals surface area contributed by atoms with Crippen LogP contribution in [0.1, 0.15) is 5.69 Å². The van der Waals surface area contributed by atoms with Gasteiger partial charge in [-0.15, -0.1) is 10.2 Å². The number of aromatic nitrogens is 2. The van der Waals surface area contributed by atoms with Crippen molar-refractivity contribution in [3.05, 3.63) is 42.1 Å². The molecule has 0 unspecified atom stereocenters. The largest absolute Gasteiger partial charge is 0.497 e. The Bertz CT molecular complexity index is 548. The third-order valence-corrected chi connectivity index (χ3v) is 2.93. The molecule has 0 N–H and O–H groups in total. The summed E-state index contributed by atoms with van der Waals surface area (Å²) >= 11 is 1.47. The number of ether oxygens (including phenoxy) is 1. The molecule has 0 aliphatic heterocycles. The van der Waals surface area contributed by atoms with Crippen LogP contribution in [0.3, 0.4) is 0 Å². The molecule has 0 spiro atoms. The van der Waals surface area contributed by atoms with Gasteiger partial charge in [-0.25, -0.2) is 0 Å². The average molecular weight is 243 g/mol. The van der Waals surface area contributed by atoms with Gasteiger partial charge in [0.2, 0.25) is 0 Å². The van der Waals surface area contributed by atoms with E-state index in [0.29, 0.717) is 5.69 Å². The number of hydrogen-bond acceptors (Lipinski definition) is 5. The Hall–Kier alpha value is -2.06. The lowest BCUT2D eigenvalue weighted by Gasteiger charge is -2.03. The summed E-state index contributed by atoms with van der Waals surface area (Å²) in [6.07, 6.45) is 0. The number of methoxy groups -OCH3 is 1. The molecule has 1 aromatic heterocycles. The molecule has 4 nitrogen and oxygen atoms in total. The predicted octanol–water partition coefficient (Wildman–Crippen LogP) is 2.51. The molecule has 17 heavy (non-hydrogen) atoms. The molecule has 0 saturated heterocycles. The van der Waals surface area contributed by atoms with Crippen LogP contribution in [0.15, 0.2) is 46.3 Å². The monoisotopic (exact) mass is 243 g/mol. The summed E-state index contributed by atoms with van der Waals surface area (Å²) < 4.78 is 5.14. The van der Waals surface area contributed by atoms with Gasteiger partial charge in [-0.2, -0.15) is 5.26 Å². The lowest BCUT2D eigenvalue weighted by Crippen LogP contribution is -1.88. The van der Waals surface area contributed by atoms with Gasteiger partial charge in [-0.05, 0) is 30.3 Å². The highest BCUT2D eigenvalue weighted by molar-refractivity contribution is 7.99. The van der Waals surface area contributed by atoms with E-state index in [0.717, 1.165) is 15.7 Å². The standard InChI is InChI=1S/C12H9N3OS/c1-16-10-3-2-4-11(7-10)17-12-6-5-9(8-13)14-15-12/h2-7H,1H3. The molecule has 2 rings (SSSR count). The molecule has 0 fully saturated rings. The first-order valence-corrected chi connectivity index (χ1v) is 5.69. The van der Waals surface area contributed by atoms with Gasteiger partial charge in [-0.1, -0.05) is 17.8 Å². The Kier molecular flexibility index (Phi) is 3.58. The highest BCUT2D eigenvalue weighted by Crippen LogP contribution is 2.28. The Morgan fingerprint density at radius 3 is 2.76 bits per heavy atom. The number of rotatable bonds is 3. The van der Waals surface area contributed by atoms with Crippen LogP contribution in [0.5, 0.6) is 5.75 Å². The fourth-order valence-corrected chi connectivity index (χ4v) is 2.00. The zero-order valence-corrected chi connectivity index (χ0v) is 9.94. The molecule has 0 aliphatic carbocycles. The van der Waals surface area contributed by atoms with E-state index in [1.807, 2.05) is 30.3 Å². The molecule has 0 bridgehead atoms. The molecule has 0 amide bonds. The van der Waals surface area contributed by atoms with Gasteiger partial charge in [-0.3, -0.25) is 0 Å². The van der Waals surface area contributed by atoms with E-state index in [1.54, 1.807) is 19.2 Å². The summed E-state index contributed by atoms with van der Waals surface area (Å²) in [5.74, 6) is 0.802. The zero-order chi connectivity index (χ0) is 12.1. The van der Waals surface area contributed by atoms with E-state index in [-0.39, 0.29) is 0 Å². The number of hydrogen-bond donors (Lipinski definition) is 0. The second-order valence-corrected chi connectivity index (χ2v) is 4.24. The Morgan fingerprint density at radius 1 is 1.24 bits per heavy atom. The Morgan fingerprint density at radius 2 is 2.12 bits per heavy atom. The van der Waals surface area contributed by atoms with Crippen LogP contribution in [-0.2, 0) is 0 Å². The van der Waals surface area contributed by atoms with Crippen LogP contribution >= 0.6 is 11.8 Å². The average Bonchev–Trinajstić information content (AvgIpc) is 2.40. The van der Waals surface area contributed by atoms with Crippen molar-refractivity contribution < 1.29 is 4.74 Å². The minimum Gasteiger partial charge on any atom is -0.497 e.